The van der Waals surface area contributed by atoms with Crippen molar-refractivity contribution in [2.45, 2.75) is 5.92 Å². The van der Waals surface area contributed by atoms with Crippen LogP contribution in [0.4, 0.5) is 5.69 Å². The Morgan fingerprint density at radius 1 is 1.03 bits per heavy atom. The quantitative estimate of drug-likeness (QED) is 0.696. The van der Waals surface area contributed by atoms with Gasteiger partial charge in [-0.25, -0.2) is 9.59 Å². The maximum Gasteiger partial charge on any atom is 0.355 e. The fourth-order valence-electron chi connectivity index (χ4n) is 3.57. The molecule has 3 rings (SSSR count). The number of nitriles is 2. The first kappa shape index (κ1) is 21.9. The summed E-state index contributed by atoms with van der Waals surface area (Å²) in [5.41, 5.74) is 6.55. The maximum atomic E-state index is 12.9. The van der Waals surface area contributed by atoms with Crippen LogP contribution in [0.5, 0.6) is 5.75 Å². The van der Waals surface area contributed by atoms with Crippen LogP contribution in [0.2, 0.25) is 0 Å². The largest absolute Gasteiger partial charge is 0.508 e. The van der Waals surface area contributed by atoms with E-state index < -0.39 is 17.9 Å². The number of anilines is 1. The van der Waals surface area contributed by atoms with Gasteiger partial charge in [0.1, 0.15) is 17.3 Å². The van der Waals surface area contributed by atoms with E-state index >= 15 is 0 Å². The van der Waals surface area contributed by atoms with Crippen molar-refractivity contribution in [1.29, 1.82) is 10.5 Å². The zero-order valence-corrected chi connectivity index (χ0v) is 17.2. The van der Waals surface area contributed by atoms with Crippen LogP contribution < -0.4 is 10.6 Å². The average molecular weight is 430 g/mol. The van der Waals surface area contributed by atoms with Crippen LogP contribution in [0.3, 0.4) is 0 Å². The molecule has 0 bridgehead atoms. The predicted molar refractivity (Wildman–Crippen MR) is 112 cm³/mol. The highest BCUT2D eigenvalue weighted by molar-refractivity contribution is 6.06. The fourth-order valence-corrected chi connectivity index (χ4v) is 3.57. The molecule has 9 nitrogen and oxygen atoms in total. The topological polar surface area (TPSA) is 150 Å². The lowest BCUT2D eigenvalue weighted by Crippen LogP contribution is -2.40. The number of nitrogens with zero attached hydrogens (tertiary/aromatic N) is 3. The van der Waals surface area contributed by atoms with Gasteiger partial charge in [-0.3, -0.25) is 4.90 Å². The highest BCUT2D eigenvalue weighted by Gasteiger charge is 2.43. The molecule has 2 aromatic carbocycles. The van der Waals surface area contributed by atoms with Crippen molar-refractivity contribution in [3.8, 4) is 17.9 Å². The second-order valence-electron chi connectivity index (χ2n) is 6.69. The van der Waals surface area contributed by atoms with E-state index in [9.17, 15) is 25.2 Å². The molecule has 1 atom stereocenters. The second kappa shape index (κ2) is 8.94. The normalized spacial score (nSPS) is 15.6. The Labute approximate surface area is 183 Å². The van der Waals surface area contributed by atoms with Crippen molar-refractivity contribution < 1.29 is 24.2 Å². The summed E-state index contributed by atoms with van der Waals surface area (Å²) in [6.07, 6.45) is 0. The van der Waals surface area contributed by atoms with Crippen LogP contribution in [0.25, 0.3) is 0 Å². The monoisotopic (exact) mass is 430 g/mol. The summed E-state index contributed by atoms with van der Waals surface area (Å²) in [6.45, 7) is 0. The molecule has 1 aliphatic rings. The molecule has 0 saturated carbocycles. The second-order valence-corrected chi connectivity index (χ2v) is 6.69. The number of carbonyl (C=O) groups is 2. The SMILES string of the molecule is COC(=O)C1=C(C(=O)OC)N(c2cc(O)cc(C#N)c2)C(N)=C(C#N)C1c1ccccc1. The Hall–Kier alpha value is -4.76. The van der Waals surface area contributed by atoms with Gasteiger partial charge in [-0.1, -0.05) is 30.3 Å². The minimum atomic E-state index is -1.01. The Balaban J connectivity index is 2.44. The number of phenols is 1. The summed E-state index contributed by atoms with van der Waals surface area (Å²) in [6, 6.07) is 16.3. The van der Waals surface area contributed by atoms with E-state index in [0.29, 0.717) is 5.56 Å². The van der Waals surface area contributed by atoms with Crippen LogP contribution >= 0.6 is 0 Å². The molecule has 0 aliphatic carbocycles. The Morgan fingerprint density at radius 2 is 1.69 bits per heavy atom. The van der Waals surface area contributed by atoms with Crippen molar-refractivity contribution in [2.24, 2.45) is 5.73 Å². The molecule has 0 amide bonds. The van der Waals surface area contributed by atoms with Crippen molar-refractivity contribution >= 4 is 17.6 Å². The molecule has 0 saturated heterocycles. The zero-order valence-electron chi connectivity index (χ0n) is 17.2. The zero-order chi connectivity index (χ0) is 23.4. The third kappa shape index (κ3) is 3.71. The van der Waals surface area contributed by atoms with Gasteiger partial charge in [0.05, 0.1) is 54.7 Å². The van der Waals surface area contributed by atoms with Crippen LogP contribution in [0.15, 0.2) is 71.2 Å². The third-order valence-corrected chi connectivity index (χ3v) is 4.90. The number of rotatable bonds is 4. The predicted octanol–water partition coefficient (Wildman–Crippen LogP) is 2.16. The first-order valence-electron chi connectivity index (χ1n) is 9.27. The van der Waals surface area contributed by atoms with E-state index in [1.807, 2.05) is 12.1 Å². The molecule has 0 aromatic heterocycles. The van der Waals surface area contributed by atoms with Gasteiger partial charge in [0, 0.05) is 6.07 Å². The van der Waals surface area contributed by atoms with Gasteiger partial charge in [-0.2, -0.15) is 10.5 Å². The van der Waals surface area contributed by atoms with E-state index in [2.05, 4.69) is 0 Å². The molecule has 0 spiro atoms. The summed E-state index contributed by atoms with van der Waals surface area (Å²) in [7, 11) is 2.27. The smallest absolute Gasteiger partial charge is 0.355 e. The Morgan fingerprint density at radius 3 is 2.25 bits per heavy atom. The lowest BCUT2D eigenvalue weighted by atomic mass is 9.81. The van der Waals surface area contributed by atoms with Gasteiger partial charge < -0.3 is 20.3 Å². The van der Waals surface area contributed by atoms with Crippen LogP contribution in [-0.2, 0) is 19.1 Å². The standard InChI is InChI=1S/C23H18N4O5/c1-31-22(29)19-18(14-6-4-3-5-7-14)17(12-25)21(26)27(20(19)23(30)32-2)15-8-13(11-24)9-16(28)10-15/h3-10,18,28H,26H2,1-2H3. The number of methoxy groups -OCH3 is 2. The number of phenolic OH excluding ortho intramolecular Hbond substituents is 1. The summed E-state index contributed by atoms with van der Waals surface area (Å²) in [5, 5.41) is 29.3. The minimum Gasteiger partial charge on any atom is -0.508 e. The van der Waals surface area contributed by atoms with Gasteiger partial charge in [-0.15, -0.1) is 0 Å². The first-order chi connectivity index (χ1) is 15.4. The van der Waals surface area contributed by atoms with E-state index in [-0.39, 0.29) is 39.7 Å². The lowest BCUT2D eigenvalue weighted by molar-refractivity contribution is -0.139. The first-order valence-corrected chi connectivity index (χ1v) is 9.27. The number of hydrogen-bond donors (Lipinski definition) is 2. The van der Waals surface area contributed by atoms with E-state index in [1.54, 1.807) is 30.3 Å². The summed E-state index contributed by atoms with van der Waals surface area (Å²) < 4.78 is 9.86. The minimum absolute atomic E-state index is 0.0221. The van der Waals surface area contributed by atoms with Gasteiger partial charge in [0.2, 0.25) is 0 Å². The molecule has 32 heavy (non-hydrogen) atoms. The summed E-state index contributed by atoms with van der Waals surface area (Å²) in [5.74, 6) is -3.24. The molecular weight excluding hydrogens is 412 g/mol. The number of carbonyl (C=O) groups excluding carboxylic acids is 2. The molecule has 1 heterocycles. The number of aromatic hydroxyl groups is 1. The molecule has 2 aromatic rings. The van der Waals surface area contributed by atoms with E-state index in [0.717, 1.165) is 19.1 Å². The Kier molecular flexibility index (Phi) is 6.13. The van der Waals surface area contributed by atoms with Crippen molar-refractivity contribution in [2.75, 3.05) is 19.1 Å². The van der Waals surface area contributed by atoms with Crippen molar-refractivity contribution in [3.05, 3.63) is 82.3 Å². The molecule has 9 heteroatoms. The highest BCUT2D eigenvalue weighted by Crippen LogP contribution is 2.43. The summed E-state index contributed by atoms with van der Waals surface area (Å²) >= 11 is 0. The average Bonchev–Trinajstić information content (AvgIpc) is 2.82. The number of esters is 2. The van der Waals surface area contributed by atoms with E-state index in [1.165, 1.54) is 18.2 Å². The summed E-state index contributed by atoms with van der Waals surface area (Å²) in [4.78, 5) is 27.0. The molecule has 3 N–H and O–H groups in total. The third-order valence-electron chi connectivity index (χ3n) is 4.90. The number of ether oxygens (including phenoxy) is 2. The van der Waals surface area contributed by atoms with Crippen LogP contribution in [0, 0.1) is 22.7 Å². The number of nitrogens with two attached hydrogens (primary N) is 1. The van der Waals surface area contributed by atoms with Gasteiger partial charge in [-0.05, 0) is 17.7 Å². The molecule has 160 valence electrons. The molecule has 0 radical (unpaired) electrons. The molecule has 0 fully saturated rings. The van der Waals surface area contributed by atoms with Gasteiger partial charge in [0.25, 0.3) is 0 Å². The fraction of sp³-hybridized carbons (Fsp3) is 0.130. The number of hydrogen-bond acceptors (Lipinski definition) is 9. The maximum absolute atomic E-state index is 12.9. The molecule has 1 unspecified atom stereocenters. The van der Waals surface area contributed by atoms with Gasteiger partial charge in [0.15, 0.2) is 0 Å². The Bertz CT molecular complexity index is 1240. The number of allylic oxidation sites excluding steroid dienone is 1. The number of benzene rings is 2. The van der Waals surface area contributed by atoms with Crippen molar-refractivity contribution in [1.82, 2.24) is 0 Å². The van der Waals surface area contributed by atoms with Crippen LogP contribution in [0.1, 0.15) is 17.0 Å². The molecule has 1 aliphatic heterocycles. The lowest BCUT2D eigenvalue weighted by Gasteiger charge is -2.35. The van der Waals surface area contributed by atoms with Crippen LogP contribution in [-0.4, -0.2) is 31.3 Å². The van der Waals surface area contributed by atoms with E-state index in [4.69, 9.17) is 15.2 Å². The molecular formula is C23H18N4O5. The highest BCUT2D eigenvalue weighted by atomic mass is 16.5. The van der Waals surface area contributed by atoms with Gasteiger partial charge >= 0.3 is 11.9 Å². The van der Waals surface area contributed by atoms with Crippen molar-refractivity contribution in [3.63, 3.8) is 0 Å².